The number of carbonyl (C=O) groups excluding carboxylic acids is 4. The number of benzene rings is 3. The molecule has 0 amide bonds. The van der Waals surface area contributed by atoms with Gasteiger partial charge in [-0.1, -0.05) is 61.2 Å². The second kappa shape index (κ2) is 11.9. The Balaban J connectivity index is 1.88. The first-order valence-corrected chi connectivity index (χ1v) is 10.4. The summed E-state index contributed by atoms with van der Waals surface area (Å²) in [6.07, 6.45) is -2.83. The molecule has 0 saturated heterocycles. The van der Waals surface area contributed by atoms with Crippen molar-refractivity contribution >= 4 is 24.2 Å². The lowest BCUT2D eigenvalue weighted by Gasteiger charge is -2.28. The summed E-state index contributed by atoms with van der Waals surface area (Å²) in [6.45, 7) is 3.64. The molecule has 0 aliphatic heterocycles. The predicted molar refractivity (Wildman–Crippen MR) is 123 cm³/mol. The van der Waals surface area contributed by atoms with Gasteiger partial charge in [0.25, 0.3) is 0 Å². The summed E-state index contributed by atoms with van der Waals surface area (Å²) in [5, 5.41) is 0. The number of hydrogen-bond acceptors (Lipinski definition) is 7. The summed E-state index contributed by atoms with van der Waals surface area (Å²) in [5.74, 6) is -2.34. The fraction of sp³-hybridized carbons (Fsp3) is 0.111. The number of carbonyl (C=O) groups is 4. The monoisotopic (exact) mass is 458 g/mol. The van der Waals surface area contributed by atoms with Gasteiger partial charge in [0.15, 0.2) is 24.6 Å². The summed E-state index contributed by atoms with van der Waals surface area (Å²) in [5.41, 5.74) is 0.633. The molecule has 0 N–H and O–H groups in total. The maximum absolute atomic E-state index is 12.8. The van der Waals surface area contributed by atoms with Crippen LogP contribution in [0.1, 0.15) is 31.1 Å². The first-order valence-electron chi connectivity index (χ1n) is 10.4. The van der Waals surface area contributed by atoms with Gasteiger partial charge in [-0.3, -0.25) is 4.79 Å². The normalized spacial score (nSPS) is 12.9. The molecule has 3 rings (SSSR count). The molecule has 0 unspecified atom stereocenters. The minimum absolute atomic E-state index is 0.193. The van der Waals surface area contributed by atoms with E-state index in [-0.39, 0.29) is 16.7 Å². The topological polar surface area (TPSA) is 96.0 Å². The third-order valence-electron chi connectivity index (χ3n) is 4.77. The van der Waals surface area contributed by atoms with Gasteiger partial charge < -0.3 is 14.2 Å². The molecule has 0 aliphatic carbocycles. The van der Waals surface area contributed by atoms with Crippen molar-refractivity contribution in [3.05, 3.63) is 120 Å². The molecule has 3 aromatic rings. The maximum atomic E-state index is 12.8. The lowest BCUT2D eigenvalue weighted by atomic mass is 10.1. The van der Waals surface area contributed by atoms with Gasteiger partial charge in [-0.2, -0.15) is 0 Å². The molecule has 0 spiro atoms. The highest BCUT2D eigenvalue weighted by molar-refractivity contribution is 5.92. The van der Waals surface area contributed by atoms with E-state index in [0.717, 1.165) is 0 Å². The molecule has 0 fully saturated rings. The first-order chi connectivity index (χ1) is 16.5. The maximum Gasteiger partial charge on any atom is 0.338 e. The van der Waals surface area contributed by atoms with Gasteiger partial charge >= 0.3 is 17.9 Å². The Bertz CT molecular complexity index is 1060. The van der Waals surface area contributed by atoms with Crippen molar-refractivity contribution in [2.75, 3.05) is 0 Å². The zero-order valence-corrected chi connectivity index (χ0v) is 18.1. The minimum atomic E-state index is -1.58. The van der Waals surface area contributed by atoms with Gasteiger partial charge in [0.2, 0.25) is 0 Å². The molecule has 0 saturated carbocycles. The zero-order valence-electron chi connectivity index (χ0n) is 18.1. The lowest BCUT2D eigenvalue weighted by Crippen LogP contribution is -2.45. The lowest BCUT2D eigenvalue weighted by molar-refractivity contribution is -0.126. The molecular weight excluding hydrogens is 436 g/mol. The molecule has 7 nitrogen and oxygen atoms in total. The summed E-state index contributed by atoms with van der Waals surface area (Å²) >= 11 is 0. The van der Waals surface area contributed by atoms with E-state index in [0.29, 0.717) is 6.29 Å². The minimum Gasteiger partial charge on any atom is -0.450 e. The molecule has 3 atom stereocenters. The van der Waals surface area contributed by atoms with Crippen LogP contribution in [0.5, 0.6) is 0 Å². The summed E-state index contributed by atoms with van der Waals surface area (Å²) in [7, 11) is 0. The Kier molecular flexibility index (Phi) is 8.46. The van der Waals surface area contributed by atoms with E-state index in [4.69, 9.17) is 14.2 Å². The van der Waals surface area contributed by atoms with Crippen LogP contribution in [0.25, 0.3) is 0 Å². The van der Waals surface area contributed by atoms with Crippen molar-refractivity contribution in [1.82, 2.24) is 0 Å². The van der Waals surface area contributed by atoms with Crippen LogP contribution in [-0.4, -0.2) is 42.5 Å². The standard InChI is InChI=1S/C27H22O7/c1-2-22(32-25(29)19-12-6-3-7-13-19)24(34-27(31)21-16-10-5-11-17-21)23(18-28)33-26(30)20-14-8-4-9-15-20/h2-18,22-24H,1H2/t22-,23+,24+/m1/s1. The largest absolute Gasteiger partial charge is 0.450 e. The Hall–Kier alpha value is -4.52. The Morgan fingerprint density at radius 2 is 0.941 bits per heavy atom. The quantitative estimate of drug-likeness (QED) is 0.196. The van der Waals surface area contributed by atoms with Crippen LogP contribution in [0, 0.1) is 0 Å². The van der Waals surface area contributed by atoms with Crippen LogP contribution < -0.4 is 0 Å². The molecule has 0 bridgehead atoms. The molecular formula is C27H22O7. The van der Waals surface area contributed by atoms with E-state index in [1.807, 2.05) is 0 Å². The Labute approximate surface area is 196 Å². The molecule has 0 aromatic heterocycles. The van der Waals surface area contributed by atoms with Gasteiger partial charge in [-0.25, -0.2) is 14.4 Å². The fourth-order valence-corrected chi connectivity index (χ4v) is 3.04. The summed E-state index contributed by atoms with van der Waals surface area (Å²) in [4.78, 5) is 49.9. The fourth-order valence-electron chi connectivity index (χ4n) is 3.04. The molecule has 0 heterocycles. The molecule has 7 heteroatoms. The molecule has 172 valence electrons. The van der Waals surface area contributed by atoms with Crippen LogP contribution in [0.3, 0.4) is 0 Å². The number of aldehydes is 1. The first kappa shape index (κ1) is 24.1. The van der Waals surface area contributed by atoms with Crippen LogP contribution in [0.2, 0.25) is 0 Å². The zero-order chi connectivity index (χ0) is 24.3. The summed E-state index contributed by atoms with van der Waals surface area (Å²) < 4.78 is 16.3. The van der Waals surface area contributed by atoms with Crippen molar-refractivity contribution in [2.45, 2.75) is 18.3 Å². The second-order valence-corrected chi connectivity index (χ2v) is 7.08. The number of hydrogen-bond donors (Lipinski definition) is 0. The highest BCUT2D eigenvalue weighted by atomic mass is 16.6. The van der Waals surface area contributed by atoms with Gasteiger partial charge in [0.05, 0.1) is 16.7 Å². The van der Waals surface area contributed by atoms with Crippen molar-refractivity contribution in [1.29, 1.82) is 0 Å². The number of esters is 3. The van der Waals surface area contributed by atoms with Crippen molar-refractivity contribution in [3.63, 3.8) is 0 Å². The number of ether oxygens (including phenoxy) is 3. The number of rotatable bonds is 10. The average Bonchev–Trinajstić information content (AvgIpc) is 2.90. The highest BCUT2D eigenvalue weighted by Crippen LogP contribution is 2.18. The predicted octanol–water partition coefficient (Wildman–Crippen LogP) is 4.05. The van der Waals surface area contributed by atoms with E-state index >= 15 is 0 Å². The summed E-state index contributed by atoms with van der Waals surface area (Å²) in [6, 6.07) is 24.2. The molecule has 3 aromatic carbocycles. The van der Waals surface area contributed by atoms with Crippen LogP contribution >= 0.6 is 0 Å². The van der Waals surface area contributed by atoms with Gasteiger partial charge in [0.1, 0.15) is 0 Å². The van der Waals surface area contributed by atoms with E-state index in [9.17, 15) is 19.2 Å². The van der Waals surface area contributed by atoms with E-state index in [1.165, 1.54) is 30.3 Å². The average molecular weight is 458 g/mol. The van der Waals surface area contributed by atoms with E-state index in [2.05, 4.69) is 6.58 Å². The second-order valence-electron chi connectivity index (χ2n) is 7.08. The third kappa shape index (κ3) is 6.26. The van der Waals surface area contributed by atoms with Crippen LogP contribution in [-0.2, 0) is 19.0 Å². The van der Waals surface area contributed by atoms with Crippen molar-refractivity contribution in [2.24, 2.45) is 0 Å². The van der Waals surface area contributed by atoms with Crippen LogP contribution in [0.15, 0.2) is 104 Å². The van der Waals surface area contributed by atoms with E-state index < -0.39 is 36.2 Å². The van der Waals surface area contributed by atoms with Gasteiger partial charge in [0, 0.05) is 0 Å². The van der Waals surface area contributed by atoms with Gasteiger partial charge in [-0.15, -0.1) is 0 Å². The SMILES string of the molecule is C=C[C@@H](OC(=O)c1ccccc1)[C@H](OC(=O)c1ccccc1)[C@H](C=O)OC(=O)c1ccccc1. The van der Waals surface area contributed by atoms with E-state index in [1.54, 1.807) is 66.7 Å². The third-order valence-corrected chi connectivity index (χ3v) is 4.77. The Morgan fingerprint density at radius 3 is 1.29 bits per heavy atom. The van der Waals surface area contributed by atoms with Gasteiger partial charge in [-0.05, 0) is 42.5 Å². The molecule has 34 heavy (non-hydrogen) atoms. The highest BCUT2D eigenvalue weighted by Gasteiger charge is 2.37. The van der Waals surface area contributed by atoms with Crippen molar-refractivity contribution in [3.8, 4) is 0 Å². The Morgan fingerprint density at radius 1 is 0.588 bits per heavy atom. The molecule has 0 radical (unpaired) electrons. The van der Waals surface area contributed by atoms with Crippen LogP contribution in [0.4, 0.5) is 0 Å². The molecule has 0 aliphatic rings. The smallest absolute Gasteiger partial charge is 0.338 e. The van der Waals surface area contributed by atoms with Crippen molar-refractivity contribution < 1.29 is 33.4 Å².